The van der Waals surface area contributed by atoms with Gasteiger partial charge < -0.3 is 5.32 Å². The van der Waals surface area contributed by atoms with Crippen LogP contribution in [0, 0.1) is 0 Å². The third-order valence-corrected chi connectivity index (χ3v) is 5.66. The number of hydrogen-bond donors (Lipinski definition) is 2. The molecule has 1 amide bonds. The largest absolute Gasteiger partial charge is 0.355 e. The van der Waals surface area contributed by atoms with Crippen LogP contribution in [0.25, 0.3) is 6.08 Å². The number of carbonyl (C=O) groups excluding carboxylic acids is 1. The van der Waals surface area contributed by atoms with E-state index >= 15 is 0 Å². The fourth-order valence-electron chi connectivity index (χ4n) is 3.00. The molecule has 1 atom stereocenters. The van der Waals surface area contributed by atoms with Crippen molar-refractivity contribution in [2.45, 2.75) is 38.6 Å². The Bertz CT molecular complexity index is 689. The Labute approximate surface area is 156 Å². The summed E-state index contributed by atoms with van der Waals surface area (Å²) in [6.07, 6.45) is 5.38. The number of hydrogen-bond acceptors (Lipinski definition) is 4. The van der Waals surface area contributed by atoms with Crippen LogP contribution >= 0.6 is 0 Å². The number of sulfonamides is 1. The van der Waals surface area contributed by atoms with Crippen molar-refractivity contribution in [1.82, 2.24) is 14.9 Å². The summed E-state index contributed by atoms with van der Waals surface area (Å²) in [5, 5.41) is 3.98. The van der Waals surface area contributed by atoms with Crippen molar-refractivity contribution in [1.29, 1.82) is 0 Å². The molecule has 0 radical (unpaired) electrons. The van der Waals surface area contributed by atoms with Gasteiger partial charge in [0.15, 0.2) is 0 Å². The first-order valence-electron chi connectivity index (χ1n) is 9.20. The Kier molecular flexibility index (Phi) is 8.28. The van der Waals surface area contributed by atoms with E-state index in [4.69, 9.17) is 0 Å². The van der Waals surface area contributed by atoms with Crippen molar-refractivity contribution in [3.8, 4) is 0 Å². The van der Waals surface area contributed by atoms with Crippen LogP contribution in [0.4, 0.5) is 0 Å². The van der Waals surface area contributed by atoms with Crippen LogP contribution in [-0.4, -0.2) is 51.4 Å². The molecule has 2 N–H and O–H groups in total. The molecule has 1 aliphatic heterocycles. The van der Waals surface area contributed by atoms with Gasteiger partial charge in [-0.15, -0.1) is 0 Å². The van der Waals surface area contributed by atoms with Gasteiger partial charge in [0.2, 0.25) is 15.9 Å². The first-order chi connectivity index (χ1) is 12.5. The van der Waals surface area contributed by atoms with E-state index in [1.165, 1.54) is 25.3 Å². The lowest BCUT2D eigenvalue weighted by atomic mass is 10.0. The predicted octanol–water partition coefficient (Wildman–Crippen LogP) is 1.96. The molecule has 1 unspecified atom stereocenters. The fraction of sp³-hybridized carbons (Fsp3) is 0.526. The van der Waals surface area contributed by atoms with Gasteiger partial charge in [0.05, 0.1) is 0 Å². The van der Waals surface area contributed by atoms with Gasteiger partial charge >= 0.3 is 0 Å². The summed E-state index contributed by atoms with van der Waals surface area (Å²) in [5.41, 5.74) is 0.808. The smallest absolute Gasteiger partial charge is 0.233 e. The molecule has 2 rings (SSSR count). The molecule has 0 aromatic heterocycles. The van der Waals surface area contributed by atoms with Gasteiger partial charge in [-0.05, 0) is 37.9 Å². The predicted molar refractivity (Wildman–Crippen MR) is 105 cm³/mol. The molecule has 1 fully saturated rings. The monoisotopic (exact) mass is 379 g/mol. The van der Waals surface area contributed by atoms with E-state index in [2.05, 4.69) is 21.9 Å². The van der Waals surface area contributed by atoms with Gasteiger partial charge in [-0.2, -0.15) is 0 Å². The van der Waals surface area contributed by atoms with Crippen LogP contribution in [0.2, 0.25) is 0 Å². The maximum Gasteiger partial charge on any atom is 0.233 e. The number of carbonyl (C=O) groups is 1. The minimum Gasteiger partial charge on any atom is -0.355 e. The lowest BCUT2D eigenvalue weighted by Crippen LogP contribution is -2.42. The molecule has 0 aliphatic carbocycles. The van der Waals surface area contributed by atoms with E-state index in [0.29, 0.717) is 12.6 Å². The van der Waals surface area contributed by atoms with Crippen LogP contribution in [-0.2, 0) is 14.8 Å². The summed E-state index contributed by atoms with van der Waals surface area (Å²) in [7, 11) is -3.54. The molecular weight excluding hydrogens is 350 g/mol. The number of nitrogens with one attached hydrogen (secondary N) is 2. The van der Waals surface area contributed by atoms with Gasteiger partial charge in [0, 0.05) is 37.5 Å². The molecule has 1 saturated heterocycles. The molecule has 6 nitrogen and oxygen atoms in total. The standard InChI is InChI=1S/C19H29N3O3S/c1-17-7-5-6-14-22(17)15-13-20-19(23)10-12-21-26(24,25)16-11-18-8-3-2-4-9-18/h2-4,8-9,11,16-17,21H,5-7,10,12-15H2,1H3,(H,20,23)/b16-11+. The second-order valence-electron chi connectivity index (χ2n) is 6.63. The molecule has 144 valence electrons. The number of nitrogens with zero attached hydrogens (tertiary/aromatic N) is 1. The molecule has 1 aromatic rings. The number of piperidine rings is 1. The van der Waals surface area contributed by atoms with Crippen LogP contribution in [0.5, 0.6) is 0 Å². The lowest BCUT2D eigenvalue weighted by Gasteiger charge is -2.33. The normalized spacial score (nSPS) is 18.9. The Hall–Kier alpha value is -1.70. The maximum absolute atomic E-state index is 11.9. The molecule has 1 heterocycles. The fourth-order valence-corrected chi connectivity index (χ4v) is 3.82. The minimum atomic E-state index is -3.54. The van der Waals surface area contributed by atoms with Gasteiger partial charge in [-0.1, -0.05) is 36.8 Å². The summed E-state index contributed by atoms with van der Waals surface area (Å²) in [6, 6.07) is 9.77. The summed E-state index contributed by atoms with van der Waals surface area (Å²) < 4.78 is 26.2. The van der Waals surface area contributed by atoms with Crippen LogP contribution < -0.4 is 10.0 Å². The molecule has 0 spiro atoms. The molecule has 1 aliphatic rings. The first kappa shape index (κ1) is 20.6. The Morgan fingerprint density at radius 2 is 2.00 bits per heavy atom. The SMILES string of the molecule is CC1CCCCN1CCNC(=O)CCNS(=O)(=O)/C=C/c1ccccc1. The number of rotatable bonds is 9. The van der Waals surface area contributed by atoms with Gasteiger partial charge in [-0.25, -0.2) is 13.1 Å². The topological polar surface area (TPSA) is 78.5 Å². The highest BCUT2D eigenvalue weighted by Crippen LogP contribution is 2.15. The van der Waals surface area contributed by atoms with E-state index in [1.54, 1.807) is 0 Å². The third kappa shape index (κ3) is 7.68. The summed E-state index contributed by atoms with van der Waals surface area (Å²) >= 11 is 0. The van der Waals surface area contributed by atoms with Crippen molar-refractivity contribution >= 4 is 22.0 Å². The van der Waals surface area contributed by atoms with E-state index in [0.717, 1.165) is 24.1 Å². The second kappa shape index (κ2) is 10.4. The summed E-state index contributed by atoms with van der Waals surface area (Å²) in [5.74, 6) is -0.135. The second-order valence-corrected chi connectivity index (χ2v) is 8.28. The molecule has 0 saturated carbocycles. The highest BCUT2D eigenvalue weighted by molar-refractivity contribution is 7.92. The van der Waals surface area contributed by atoms with Crippen molar-refractivity contribution in [3.63, 3.8) is 0 Å². The van der Waals surface area contributed by atoms with Crippen molar-refractivity contribution in [3.05, 3.63) is 41.3 Å². The van der Waals surface area contributed by atoms with E-state index in [1.807, 2.05) is 30.3 Å². The average molecular weight is 380 g/mol. The Morgan fingerprint density at radius 1 is 1.23 bits per heavy atom. The van der Waals surface area contributed by atoms with Crippen LogP contribution in [0.15, 0.2) is 35.7 Å². The lowest BCUT2D eigenvalue weighted by molar-refractivity contribution is -0.121. The zero-order chi connectivity index (χ0) is 18.8. The maximum atomic E-state index is 11.9. The summed E-state index contributed by atoms with van der Waals surface area (Å²) in [6.45, 7) is 4.85. The third-order valence-electron chi connectivity index (χ3n) is 4.56. The molecule has 26 heavy (non-hydrogen) atoms. The zero-order valence-electron chi connectivity index (χ0n) is 15.4. The van der Waals surface area contributed by atoms with Crippen LogP contribution in [0.1, 0.15) is 38.2 Å². The van der Waals surface area contributed by atoms with Crippen molar-refractivity contribution in [2.24, 2.45) is 0 Å². The van der Waals surface area contributed by atoms with Gasteiger partial charge in [0.1, 0.15) is 0 Å². The van der Waals surface area contributed by atoms with Crippen LogP contribution in [0.3, 0.4) is 0 Å². The average Bonchev–Trinajstić information content (AvgIpc) is 2.62. The number of benzene rings is 1. The highest BCUT2D eigenvalue weighted by atomic mass is 32.2. The van der Waals surface area contributed by atoms with E-state index in [-0.39, 0.29) is 18.9 Å². The minimum absolute atomic E-state index is 0.0907. The number of likely N-dealkylation sites (tertiary alicyclic amines) is 1. The van der Waals surface area contributed by atoms with Gasteiger partial charge in [0.25, 0.3) is 0 Å². The summed E-state index contributed by atoms with van der Waals surface area (Å²) in [4.78, 5) is 14.2. The van der Waals surface area contributed by atoms with Crippen molar-refractivity contribution in [2.75, 3.05) is 26.2 Å². The highest BCUT2D eigenvalue weighted by Gasteiger charge is 2.17. The Morgan fingerprint density at radius 3 is 2.73 bits per heavy atom. The molecule has 1 aromatic carbocycles. The van der Waals surface area contributed by atoms with Crippen molar-refractivity contribution < 1.29 is 13.2 Å². The van der Waals surface area contributed by atoms with Gasteiger partial charge in [-0.3, -0.25) is 9.69 Å². The zero-order valence-corrected chi connectivity index (χ0v) is 16.2. The van der Waals surface area contributed by atoms with E-state index < -0.39 is 10.0 Å². The molecule has 7 heteroatoms. The Balaban J connectivity index is 1.63. The molecular formula is C19H29N3O3S. The van der Waals surface area contributed by atoms with E-state index in [9.17, 15) is 13.2 Å². The first-order valence-corrected chi connectivity index (χ1v) is 10.7. The quantitative estimate of drug-likeness (QED) is 0.687. The number of amides is 1. The molecule has 0 bridgehead atoms.